The number of amides is 1. The highest BCUT2D eigenvalue weighted by Crippen LogP contribution is 2.10. The van der Waals surface area contributed by atoms with Crippen LogP contribution in [0.25, 0.3) is 0 Å². The largest absolute Gasteiger partial charge is 0.356 e. The second-order valence-corrected chi connectivity index (χ2v) is 6.45. The minimum absolute atomic E-state index is 0.0857. The number of benzene rings is 1. The number of carbonyl (C=O) groups is 1. The van der Waals surface area contributed by atoms with Crippen LogP contribution in [-0.4, -0.2) is 34.0 Å². The molecule has 1 aromatic carbocycles. The average molecular weight is 313 g/mol. The fraction of sp³-hybridized carbons (Fsp3) is 0.500. The summed E-state index contributed by atoms with van der Waals surface area (Å²) >= 11 is 0. The van der Waals surface area contributed by atoms with Crippen molar-refractivity contribution in [1.29, 1.82) is 0 Å². The smallest absolute Gasteiger partial charge is 0.240 e. The fourth-order valence-corrected chi connectivity index (χ4v) is 2.77. The van der Waals surface area contributed by atoms with Crippen LogP contribution in [0.5, 0.6) is 0 Å². The van der Waals surface area contributed by atoms with E-state index in [9.17, 15) is 13.2 Å². The SMILES string of the molecule is CCCNC(=O)CCNS(=O)(=O)c1ccc(CCN)cc1. The van der Waals surface area contributed by atoms with E-state index in [0.29, 0.717) is 19.5 Å². The molecule has 1 amide bonds. The lowest BCUT2D eigenvalue weighted by atomic mass is 10.2. The molecular formula is C14H23N3O3S. The molecule has 0 unspecified atom stereocenters. The van der Waals surface area contributed by atoms with Crippen molar-refractivity contribution in [3.8, 4) is 0 Å². The van der Waals surface area contributed by atoms with Crippen LogP contribution in [0.3, 0.4) is 0 Å². The molecule has 6 nitrogen and oxygen atoms in total. The van der Waals surface area contributed by atoms with Crippen molar-refractivity contribution in [2.24, 2.45) is 5.73 Å². The van der Waals surface area contributed by atoms with Gasteiger partial charge < -0.3 is 11.1 Å². The third-order valence-corrected chi connectivity index (χ3v) is 4.36. The lowest BCUT2D eigenvalue weighted by Gasteiger charge is -2.08. The third-order valence-electron chi connectivity index (χ3n) is 2.88. The van der Waals surface area contributed by atoms with Crippen LogP contribution in [0.1, 0.15) is 25.3 Å². The summed E-state index contributed by atoms with van der Waals surface area (Å²) in [6.07, 6.45) is 1.70. The summed E-state index contributed by atoms with van der Waals surface area (Å²) in [5.41, 5.74) is 6.44. The summed E-state index contributed by atoms with van der Waals surface area (Å²) in [5.74, 6) is -0.155. The minimum Gasteiger partial charge on any atom is -0.356 e. The van der Waals surface area contributed by atoms with Gasteiger partial charge in [-0.2, -0.15) is 0 Å². The van der Waals surface area contributed by atoms with Crippen LogP contribution >= 0.6 is 0 Å². The first-order valence-corrected chi connectivity index (χ1v) is 8.53. The second-order valence-electron chi connectivity index (χ2n) is 4.68. The van der Waals surface area contributed by atoms with Crippen LogP contribution in [-0.2, 0) is 21.2 Å². The molecule has 1 aromatic rings. The zero-order valence-corrected chi connectivity index (χ0v) is 13.1. The summed E-state index contributed by atoms with van der Waals surface area (Å²) in [6, 6.07) is 6.58. The molecule has 0 saturated carbocycles. The number of carbonyl (C=O) groups excluding carboxylic acids is 1. The van der Waals surface area contributed by atoms with E-state index >= 15 is 0 Å². The van der Waals surface area contributed by atoms with Gasteiger partial charge in [-0.1, -0.05) is 19.1 Å². The van der Waals surface area contributed by atoms with Gasteiger partial charge in [0.05, 0.1) is 4.90 Å². The van der Waals surface area contributed by atoms with Crippen molar-refractivity contribution in [2.75, 3.05) is 19.6 Å². The Hall–Kier alpha value is -1.44. The summed E-state index contributed by atoms with van der Waals surface area (Å²) in [5, 5.41) is 2.69. The maximum absolute atomic E-state index is 12.0. The maximum atomic E-state index is 12.0. The standard InChI is InChI=1S/C14H23N3O3S/c1-2-10-16-14(18)8-11-17-21(19,20)13-5-3-12(4-6-13)7-9-15/h3-6,17H,2,7-11,15H2,1H3,(H,16,18). The quantitative estimate of drug-likeness (QED) is 0.613. The molecule has 0 aliphatic rings. The number of hydrogen-bond acceptors (Lipinski definition) is 4. The van der Waals surface area contributed by atoms with E-state index in [0.717, 1.165) is 12.0 Å². The van der Waals surface area contributed by atoms with Crippen LogP contribution < -0.4 is 15.8 Å². The van der Waals surface area contributed by atoms with E-state index in [1.165, 1.54) is 0 Å². The number of nitrogens with one attached hydrogen (secondary N) is 2. The molecule has 0 atom stereocenters. The molecule has 21 heavy (non-hydrogen) atoms. The van der Waals surface area contributed by atoms with Gasteiger partial charge in [-0.05, 0) is 37.1 Å². The average Bonchev–Trinajstić information content (AvgIpc) is 2.46. The number of nitrogens with two attached hydrogens (primary N) is 1. The first-order chi connectivity index (χ1) is 9.99. The molecule has 0 fully saturated rings. The summed E-state index contributed by atoms with van der Waals surface area (Å²) in [6.45, 7) is 3.17. The minimum atomic E-state index is -3.57. The first kappa shape index (κ1) is 17.6. The predicted molar refractivity (Wildman–Crippen MR) is 82.3 cm³/mol. The molecule has 0 aliphatic heterocycles. The van der Waals surface area contributed by atoms with E-state index in [4.69, 9.17) is 5.73 Å². The highest BCUT2D eigenvalue weighted by atomic mass is 32.2. The maximum Gasteiger partial charge on any atom is 0.240 e. The lowest BCUT2D eigenvalue weighted by Crippen LogP contribution is -2.31. The molecule has 0 aliphatic carbocycles. The van der Waals surface area contributed by atoms with Crippen LogP contribution in [0.2, 0.25) is 0 Å². The number of hydrogen-bond donors (Lipinski definition) is 3. The fourth-order valence-electron chi connectivity index (χ4n) is 1.74. The molecule has 118 valence electrons. The Balaban J connectivity index is 2.51. The van der Waals surface area contributed by atoms with Gasteiger partial charge in [0.25, 0.3) is 0 Å². The van der Waals surface area contributed by atoms with Gasteiger partial charge in [-0.3, -0.25) is 4.79 Å². The molecule has 0 spiro atoms. The van der Waals surface area contributed by atoms with Gasteiger partial charge in [-0.25, -0.2) is 13.1 Å². The van der Waals surface area contributed by atoms with E-state index in [-0.39, 0.29) is 23.8 Å². The van der Waals surface area contributed by atoms with Crippen molar-refractivity contribution in [1.82, 2.24) is 10.0 Å². The zero-order valence-electron chi connectivity index (χ0n) is 12.3. The number of rotatable bonds is 9. The van der Waals surface area contributed by atoms with Crippen molar-refractivity contribution in [2.45, 2.75) is 31.1 Å². The molecule has 1 rings (SSSR count). The highest BCUT2D eigenvalue weighted by Gasteiger charge is 2.13. The Kier molecular flexibility index (Phi) is 7.35. The molecule has 4 N–H and O–H groups in total. The van der Waals surface area contributed by atoms with Crippen LogP contribution in [0.4, 0.5) is 0 Å². The van der Waals surface area contributed by atoms with Gasteiger partial charge in [0.2, 0.25) is 15.9 Å². The zero-order chi connectivity index (χ0) is 15.7. The van der Waals surface area contributed by atoms with Crippen molar-refractivity contribution >= 4 is 15.9 Å². The van der Waals surface area contributed by atoms with Gasteiger partial charge in [0, 0.05) is 19.5 Å². The highest BCUT2D eigenvalue weighted by molar-refractivity contribution is 7.89. The normalized spacial score (nSPS) is 11.3. The lowest BCUT2D eigenvalue weighted by molar-refractivity contribution is -0.120. The summed E-state index contributed by atoms with van der Waals surface area (Å²) in [7, 11) is -3.57. The molecule has 0 saturated heterocycles. The van der Waals surface area contributed by atoms with Gasteiger partial charge in [0.1, 0.15) is 0 Å². The second kappa shape index (κ2) is 8.76. The number of sulfonamides is 1. The molecule has 0 aromatic heterocycles. The van der Waals surface area contributed by atoms with E-state index < -0.39 is 10.0 Å². The van der Waals surface area contributed by atoms with Crippen LogP contribution in [0, 0.1) is 0 Å². The molecule has 0 bridgehead atoms. The van der Waals surface area contributed by atoms with Crippen LogP contribution in [0.15, 0.2) is 29.2 Å². The Labute approximate surface area is 126 Å². The van der Waals surface area contributed by atoms with E-state index in [1.807, 2.05) is 6.92 Å². The Morgan fingerprint density at radius 3 is 2.43 bits per heavy atom. The first-order valence-electron chi connectivity index (χ1n) is 7.05. The van der Waals surface area contributed by atoms with Gasteiger partial charge in [0.15, 0.2) is 0 Å². The molecule has 0 radical (unpaired) electrons. The van der Waals surface area contributed by atoms with Crippen molar-refractivity contribution in [3.05, 3.63) is 29.8 Å². The molecular weight excluding hydrogens is 290 g/mol. The Morgan fingerprint density at radius 1 is 1.19 bits per heavy atom. The summed E-state index contributed by atoms with van der Waals surface area (Å²) < 4.78 is 26.5. The van der Waals surface area contributed by atoms with Crippen molar-refractivity contribution in [3.63, 3.8) is 0 Å². The van der Waals surface area contributed by atoms with Gasteiger partial charge >= 0.3 is 0 Å². The molecule has 0 heterocycles. The van der Waals surface area contributed by atoms with E-state index in [1.54, 1.807) is 24.3 Å². The Morgan fingerprint density at radius 2 is 1.86 bits per heavy atom. The predicted octanol–water partition coefficient (Wildman–Crippen LogP) is 0.382. The monoisotopic (exact) mass is 313 g/mol. The summed E-state index contributed by atoms with van der Waals surface area (Å²) in [4.78, 5) is 11.6. The Bertz CT molecular complexity index is 541. The third kappa shape index (κ3) is 6.24. The topological polar surface area (TPSA) is 101 Å². The molecule has 7 heteroatoms. The van der Waals surface area contributed by atoms with E-state index in [2.05, 4.69) is 10.0 Å². The van der Waals surface area contributed by atoms with Gasteiger partial charge in [-0.15, -0.1) is 0 Å². The van der Waals surface area contributed by atoms with Crippen molar-refractivity contribution < 1.29 is 13.2 Å².